The van der Waals surface area contributed by atoms with Crippen molar-refractivity contribution in [2.24, 2.45) is 34.5 Å². The lowest BCUT2D eigenvalue weighted by Gasteiger charge is -2.60. The van der Waals surface area contributed by atoms with Crippen LogP contribution in [0.5, 0.6) is 0 Å². The van der Waals surface area contributed by atoms with E-state index in [2.05, 4.69) is 26.8 Å². The Kier molecular flexibility index (Phi) is 3.64. The average Bonchev–Trinajstić information content (AvgIpc) is 2.83. The number of hydrogen-bond acceptors (Lipinski definition) is 2. The molecule has 1 N–H and O–H groups in total. The van der Waals surface area contributed by atoms with E-state index in [1.807, 2.05) is 6.92 Å². The molecule has 0 aromatic rings. The van der Waals surface area contributed by atoms with Crippen LogP contribution >= 0.6 is 0 Å². The molecule has 0 aromatic carbocycles. The Bertz CT molecular complexity index is 589. The second kappa shape index (κ2) is 5.19. The first-order chi connectivity index (χ1) is 11.2. The SMILES string of the molecule is C/C=C1/CC[C@H]2[C@@H]3CCC4C[C@@](C)(O)CC[C@]4(C)[C@H]3C(=O)C[C@]12C. The highest BCUT2D eigenvalue weighted by molar-refractivity contribution is 5.85. The minimum absolute atomic E-state index is 0.127. The first-order valence-electron chi connectivity index (χ1n) is 10.1. The summed E-state index contributed by atoms with van der Waals surface area (Å²) in [4.78, 5) is 13.4. The minimum Gasteiger partial charge on any atom is -0.390 e. The maximum absolute atomic E-state index is 13.4. The molecule has 4 aliphatic rings. The molecule has 0 heterocycles. The van der Waals surface area contributed by atoms with Crippen LogP contribution in [0.4, 0.5) is 0 Å². The van der Waals surface area contributed by atoms with Crippen molar-refractivity contribution >= 4 is 5.78 Å². The van der Waals surface area contributed by atoms with E-state index in [4.69, 9.17) is 0 Å². The van der Waals surface area contributed by atoms with Gasteiger partial charge in [0.05, 0.1) is 5.60 Å². The smallest absolute Gasteiger partial charge is 0.137 e. The monoisotopic (exact) mass is 330 g/mol. The molecular weight excluding hydrogens is 296 g/mol. The van der Waals surface area contributed by atoms with Crippen LogP contribution in [0.15, 0.2) is 11.6 Å². The van der Waals surface area contributed by atoms with Gasteiger partial charge in [0.2, 0.25) is 0 Å². The Hall–Kier alpha value is -0.630. The van der Waals surface area contributed by atoms with Gasteiger partial charge < -0.3 is 5.11 Å². The summed E-state index contributed by atoms with van der Waals surface area (Å²) in [6.07, 6.45) is 10.7. The lowest BCUT2D eigenvalue weighted by Crippen LogP contribution is -2.58. The number of Topliss-reactive ketones (excluding diaryl/α,β-unsaturated/α-hetero) is 1. The minimum atomic E-state index is -0.519. The van der Waals surface area contributed by atoms with Gasteiger partial charge in [0, 0.05) is 12.3 Å². The molecule has 0 saturated heterocycles. The van der Waals surface area contributed by atoms with Crippen LogP contribution in [-0.2, 0) is 4.79 Å². The normalized spacial score (nSPS) is 55.9. The van der Waals surface area contributed by atoms with Gasteiger partial charge >= 0.3 is 0 Å². The number of hydrogen-bond donors (Lipinski definition) is 1. The van der Waals surface area contributed by atoms with E-state index in [1.165, 1.54) is 31.3 Å². The summed E-state index contributed by atoms with van der Waals surface area (Å²) in [5, 5.41) is 10.6. The van der Waals surface area contributed by atoms with Gasteiger partial charge in [-0.15, -0.1) is 0 Å². The quantitative estimate of drug-likeness (QED) is 0.641. The molecular formula is C22H34O2. The summed E-state index contributed by atoms with van der Waals surface area (Å²) < 4.78 is 0. The first-order valence-corrected chi connectivity index (χ1v) is 10.1. The van der Waals surface area contributed by atoms with Crippen LogP contribution in [0, 0.1) is 34.5 Å². The van der Waals surface area contributed by atoms with Crippen LogP contribution in [0.1, 0.15) is 79.1 Å². The van der Waals surface area contributed by atoms with Crippen LogP contribution in [-0.4, -0.2) is 16.5 Å². The largest absolute Gasteiger partial charge is 0.390 e. The van der Waals surface area contributed by atoms with Crippen molar-refractivity contribution in [2.45, 2.75) is 84.7 Å². The molecule has 24 heavy (non-hydrogen) atoms. The van der Waals surface area contributed by atoms with Gasteiger partial charge in [0.15, 0.2) is 0 Å². The summed E-state index contributed by atoms with van der Waals surface area (Å²) >= 11 is 0. The Morgan fingerprint density at radius 3 is 2.58 bits per heavy atom. The second-order valence-corrected chi connectivity index (χ2v) is 10.1. The zero-order valence-electron chi connectivity index (χ0n) is 15.9. The number of rotatable bonds is 0. The van der Waals surface area contributed by atoms with Crippen molar-refractivity contribution in [3.05, 3.63) is 11.6 Å². The van der Waals surface area contributed by atoms with E-state index in [-0.39, 0.29) is 16.7 Å². The van der Waals surface area contributed by atoms with Crippen molar-refractivity contribution in [1.82, 2.24) is 0 Å². The molecule has 1 unspecified atom stereocenters. The number of ketones is 1. The molecule has 0 aliphatic heterocycles. The predicted octanol–water partition coefficient (Wildman–Crippen LogP) is 4.91. The van der Waals surface area contributed by atoms with E-state index in [0.29, 0.717) is 23.5 Å². The molecule has 0 bridgehead atoms. The number of carbonyl (C=O) groups excluding carboxylic acids is 1. The van der Waals surface area contributed by atoms with Crippen LogP contribution in [0.25, 0.3) is 0 Å². The van der Waals surface area contributed by atoms with E-state index >= 15 is 0 Å². The summed E-state index contributed by atoms with van der Waals surface area (Å²) in [5.74, 6) is 2.60. The molecule has 0 amide bonds. The van der Waals surface area contributed by atoms with Crippen molar-refractivity contribution in [2.75, 3.05) is 0 Å². The summed E-state index contributed by atoms with van der Waals surface area (Å²) in [6, 6.07) is 0. The lowest BCUT2D eigenvalue weighted by molar-refractivity contribution is -0.163. The van der Waals surface area contributed by atoms with Gasteiger partial charge in [-0.1, -0.05) is 25.5 Å². The topological polar surface area (TPSA) is 37.3 Å². The molecule has 0 spiro atoms. The predicted molar refractivity (Wildman–Crippen MR) is 96.5 cm³/mol. The molecule has 134 valence electrons. The third-order valence-corrected chi connectivity index (χ3v) is 8.84. The highest BCUT2D eigenvalue weighted by Crippen LogP contribution is 2.66. The van der Waals surface area contributed by atoms with Gasteiger partial charge in [-0.3, -0.25) is 4.79 Å². The second-order valence-electron chi connectivity index (χ2n) is 10.1. The fourth-order valence-corrected chi connectivity index (χ4v) is 7.57. The van der Waals surface area contributed by atoms with Crippen LogP contribution < -0.4 is 0 Å². The third kappa shape index (κ3) is 2.14. The van der Waals surface area contributed by atoms with E-state index < -0.39 is 5.60 Å². The first kappa shape index (κ1) is 16.8. The number of aliphatic hydroxyl groups is 1. The number of carbonyl (C=O) groups is 1. The maximum Gasteiger partial charge on any atom is 0.137 e. The fourth-order valence-electron chi connectivity index (χ4n) is 7.57. The molecule has 4 saturated carbocycles. The number of allylic oxidation sites excluding steroid dienone is 2. The maximum atomic E-state index is 13.4. The van der Waals surface area contributed by atoms with E-state index in [1.54, 1.807) is 0 Å². The molecule has 4 rings (SSSR count). The number of fused-ring (bicyclic) bond motifs is 5. The summed E-state index contributed by atoms with van der Waals surface area (Å²) in [6.45, 7) is 8.90. The summed E-state index contributed by atoms with van der Waals surface area (Å²) in [5.41, 5.74) is 1.28. The van der Waals surface area contributed by atoms with Crippen molar-refractivity contribution in [3.63, 3.8) is 0 Å². The van der Waals surface area contributed by atoms with Gasteiger partial charge in [-0.25, -0.2) is 0 Å². The Morgan fingerprint density at radius 1 is 1.12 bits per heavy atom. The van der Waals surface area contributed by atoms with E-state index in [0.717, 1.165) is 25.7 Å². The zero-order valence-corrected chi connectivity index (χ0v) is 15.9. The standard InChI is InChI=1S/C22H34O2/c1-5-14-7-9-17-16-8-6-15-12-20(2,24)10-11-21(15,3)19(16)18(23)13-22(14,17)4/h5,15-17,19,24H,6-13H2,1-4H3/b14-5-/t15?,16-,17-,19+,20-,21-,22+/m0/s1. The van der Waals surface area contributed by atoms with Crippen LogP contribution in [0.2, 0.25) is 0 Å². The molecule has 0 aromatic heterocycles. The Labute approximate surface area is 147 Å². The highest BCUT2D eigenvalue weighted by Gasteiger charge is 2.62. The van der Waals surface area contributed by atoms with Gasteiger partial charge in [-0.05, 0) is 87.4 Å². The van der Waals surface area contributed by atoms with Gasteiger partial charge in [0.1, 0.15) is 5.78 Å². The molecule has 0 radical (unpaired) electrons. The Morgan fingerprint density at radius 2 is 1.88 bits per heavy atom. The van der Waals surface area contributed by atoms with Crippen molar-refractivity contribution in [3.8, 4) is 0 Å². The Balaban J connectivity index is 1.69. The summed E-state index contributed by atoms with van der Waals surface area (Å²) in [7, 11) is 0. The van der Waals surface area contributed by atoms with Gasteiger partial charge in [0.25, 0.3) is 0 Å². The highest BCUT2D eigenvalue weighted by atomic mass is 16.3. The molecule has 4 aliphatic carbocycles. The molecule has 4 fully saturated rings. The van der Waals surface area contributed by atoms with Gasteiger partial charge in [-0.2, -0.15) is 0 Å². The third-order valence-electron chi connectivity index (χ3n) is 8.84. The van der Waals surface area contributed by atoms with Crippen molar-refractivity contribution < 1.29 is 9.90 Å². The molecule has 2 nitrogen and oxygen atoms in total. The van der Waals surface area contributed by atoms with Crippen LogP contribution in [0.3, 0.4) is 0 Å². The average molecular weight is 331 g/mol. The zero-order chi connectivity index (χ0) is 17.3. The van der Waals surface area contributed by atoms with Crippen molar-refractivity contribution in [1.29, 1.82) is 0 Å². The van der Waals surface area contributed by atoms with E-state index in [9.17, 15) is 9.90 Å². The lowest BCUT2D eigenvalue weighted by atomic mass is 9.44. The molecule has 7 atom stereocenters. The molecule has 2 heteroatoms. The fraction of sp³-hybridized carbons (Fsp3) is 0.864.